The number of aryl methyl sites for hydroxylation is 1. The first-order valence-corrected chi connectivity index (χ1v) is 6.16. The van der Waals surface area contributed by atoms with Crippen LogP contribution in [0.4, 0.5) is 0 Å². The summed E-state index contributed by atoms with van der Waals surface area (Å²) in [6.45, 7) is 2.37. The van der Waals surface area contributed by atoms with E-state index < -0.39 is 0 Å². The Labute approximate surface area is 95.6 Å². The topological polar surface area (TPSA) is 56.0 Å². The lowest BCUT2D eigenvalue weighted by molar-refractivity contribution is 0.103. The minimum atomic E-state index is -0.0101. The van der Waals surface area contributed by atoms with E-state index in [4.69, 9.17) is 5.73 Å². The van der Waals surface area contributed by atoms with Crippen molar-refractivity contribution in [3.63, 3.8) is 0 Å². The van der Waals surface area contributed by atoms with E-state index in [1.807, 2.05) is 19.1 Å². The summed E-state index contributed by atoms with van der Waals surface area (Å²) in [6.07, 6.45) is 0. The fraction of sp³-hybridized carbons (Fsp3) is 0.200. The maximum absolute atomic E-state index is 11.9. The predicted octanol–water partition coefficient (Wildman–Crippen LogP) is 2.20. The van der Waals surface area contributed by atoms with E-state index in [0.717, 1.165) is 14.8 Å². The number of carbonyl (C=O) groups is 1. The molecule has 2 aromatic heterocycles. The van der Waals surface area contributed by atoms with E-state index >= 15 is 0 Å². The maximum Gasteiger partial charge on any atom is 0.222 e. The van der Waals surface area contributed by atoms with Crippen LogP contribution < -0.4 is 5.73 Å². The molecule has 0 spiro atoms. The molecule has 2 aromatic rings. The van der Waals surface area contributed by atoms with Crippen molar-refractivity contribution < 1.29 is 4.79 Å². The van der Waals surface area contributed by atoms with Crippen LogP contribution in [0.2, 0.25) is 0 Å². The summed E-state index contributed by atoms with van der Waals surface area (Å²) in [7, 11) is 0. The molecule has 5 heteroatoms. The second kappa shape index (κ2) is 4.22. The van der Waals surface area contributed by atoms with Crippen molar-refractivity contribution in [1.82, 2.24) is 4.98 Å². The molecule has 0 amide bonds. The number of ketones is 1. The summed E-state index contributed by atoms with van der Waals surface area (Å²) in [6, 6.07) is 3.78. The van der Waals surface area contributed by atoms with Gasteiger partial charge in [0.1, 0.15) is 10.7 Å². The van der Waals surface area contributed by atoms with Crippen molar-refractivity contribution >= 4 is 28.5 Å². The third-order valence-electron chi connectivity index (χ3n) is 1.92. The summed E-state index contributed by atoms with van der Waals surface area (Å²) in [5.74, 6) is -0.0101. The third kappa shape index (κ3) is 2.14. The quantitative estimate of drug-likeness (QED) is 0.834. The van der Waals surface area contributed by atoms with Crippen LogP contribution in [-0.4, -0.2) is 10.8 Å². The van der Waals surface area contributed by atoms with Gasteiger partial charge in [-0.05, 0) is 19.1 Å². The Morgan fingerprint density at radius 2 is 2.33 bits per heavy atom. The van der Waals surface area contributed by atoms with Crippen LogP contribution in [0.5, 0.6) is 0 Å². The standard InChI is InChI=1S/C10H10N2OS2/c1-6-2-3-8(15-6)10(13)7-5-14-9(4-11)12-7/h2-3,5H,4,11H2,1H3. The number of nitrogens with zero attached hydrogens (tertiary/aromatic N) is 1. The van der Waals surface area contributed by atoms with Crippen LogP contribution >= 0.6 is 22.7 Å². The van der Waals surface area contributed by atoms with Crippen LogP contribution in [0.25, 0.3) is 0 Å². The predicted molar refractivity (Wildman–Crippen MR) is 62.5 cm³/mol. The molecular formula is C10H10N2OS2. The highest BCUT2D eigenvalue weighted by Gasteiger charge is 2.14. The summed E-state index contributed by atoms with van der Waals surface area (Å²) in [4.78, 5) is 17.9. The molecule has 2 rings (SSSR count). The van der Waals surface area contributed by atoms with Gasteiger partial charge >= 0.3 is 0 Å². The molecule has 0 aliphatic heterocycles. The lowest BCUT2D eigenvalue weighted by atomic mass is 10.2. The van der Waals surface area contributed by atoms with Crippen molar-refractivity contribution in [3.05, 3.63) is 38.0 Å². The molecule has 0 bridgehead atoms. The Balaban J connectivity index is 2.28. The van der Waals surface area contributed by atoms with Gasteiger partial charge in [0.25, 0.3) is 0 Å². The van der Waals surface area contributed by atoms with Crippen LogP contribution in [0, 0.1) is 6.92 Å². The Kier molecular flexibility index (Phi) is 2.95. The number of hydrogen-bond donors (Lipinski definition) is 1. The van der Waals surface area contributed by atoms with E-state index in [0.29, 0.717) is 12.2 Å². The van der Waals surface area contributed by atoms with Gasteiger partial charge < -0.3 is 5.73 Å². The van der Waals surface area contributed by atoms with E-state index in [1.54, 1.807) is 5.38 Å². The van der Waals surface area contributed by atoms with E-state index in [2.05, 4.69) is 4.98 Å². The second-order valence-electron chi connectivity index (χ2n) is 3.07. The van der Waals surface area contributed by atoms with Crippen LogP contribution in [0.1, 0.15) is 25.3 Å². The normalized spacial score (nSPS) is 10.5. The zero-order valence-corrected chi connectivity index (χ0v) is 9.82. The van der Waals surface area contributed by atoms with E-state index in [1.165, 1.54) is 22.7 Å². The molecule has 0 radical (unpaired) electrons. The Morgan fingerprint density at radius 3 is 2.87 bits per heavy atom. The molecule has 2 heterocycles. The number of aromatic nitrogens is 1. The van der Waals surface area contributed by atoms with Crippen LogP contribution in [0.15, 0.2) is 17.5 Å². The summed E-state index contributed by atoms with van der Waals surface area (Å²) < 4.78 is 0. The minimum absolute atomic E-state index is 0.0101. The lowest BCUT2D eigenvalue weighted by Gasteiger charge is -1.90. The summed E-state index contributed by atoms with van der Waals surface area (Å²) >= 11 is 2.92. The Hall–Kier alpha value is -1.04. The van der Waals surface area contributed by atoms with Gasteiger partial charge in [-0.3, -0.25) is 4.79 Å². The molecule has 3 nitrogen and oxygen atoms in total. The molecule has 0 aliphatic carbocycles. The summed E-state index contributed by atoms with van der Waals surface area (Å²) in [5.41, 5.74) is 5.95. The largest absolute Gasteiger partial charge is 0.325 e. The van der Waals surface area contributed by atoms with Gasteiger partial charge in [-0.2, -0.15) is 0 Å². The number of hydrogen-bond acceptors (Lipinski definition) is 5. The van der Waals surface area contributed by atoms with Gasteiger partial charge in [0.05, 0.1) is 4.88 Å². The van der Waals surface area contributed by atoms with Gasteiger partial charge in [0.15, 0.2) is 0 Å². The van der Waals surface area contributed by atoms with Gasteiger partial charge in [0.2, 0.25) is 5.78 Å². The zero-order valence-electron chi connectivity index (χ0n) is 8.19. The highest BCUT2D eigenvalue weighted by atomic mass is 32.1. The lowest BCUT2D eigenvalue weighted by Crippen LogP contribution is -2.01. The molecule has 2 N–H and O–H groups in total. The average molecular weight is 238 g/mol. The Morgan fingerprint density at radius 1 is 1.53 bits per heavy atom. The van der Waals surface area contributed by atoms with Gasteiger partial charge in [-0.1, -0.05) is 0 Å². The van der Waals surface area contributed by atoms with Crippen molar-refractivity contribution in [3.8, 4) is 0 Å². The fourth-order valence-corrected chi connectivity index (χ4v) is 2.66. The first-order valence-electron chi connectivity index (χ1n) is 4.46. The van der Waals surface area contributed by atoms with E-state index in [9.17, 15) is 4.79 Å². The Bertz CT molecular complexity index is 487. The smallest absolute Gasteiger partial charge is 0.222 e. The van der Waals surface area contributed by atoms with Crippen molar-refractivity contribution in [2.24, 2.45) is 5.73 Å². The average Bonchev–Trinajstić information content (AvgIpc) is 2.84. The number of carbonyl (C=O) groups excluding carboxylic acids is 1. The van der Waals surface area contributed by atoms with Crippen LogP contribution in [0.3, 0.4) is 0 Å². The van der Waals surface area contributed by atoms with E-state index in [-0.39, 0.29) is 5.78 Å². The monoisotopic (exact) mass is 238 g/mol. The molecular weight excluding hydrogens is 228 g/mol. The minimum Gasteiger partial charge on any atom is -0.325 e. The number of thiazole rings is 1. The number of thiophene rings is 1. The van der Waals surface area contributed by atoms with Crippen LogP contribution in [-0.2, 0) is 6.54 Å². The highest BCUT2D eigenvalue weighted by Crippen LogP contribution is 2.20. The number of rotatable bonds is 3. The number of nitrogens with two attached hydrogens (primary N) is 1. The van der Waals surface area contributed by atoms with Crippen molar-refractivity contribution in [2.75, 3.05) is 0 Å². The molecule has 15 heavy (non-hydrogen) atoms. The second-order valence-corrected chi connectivity index (χ2v) is 5.30. The van der Waals surface area contributed by atoms with Gasteiger partial charge in [-0.15, -0.1) is 22.7 Å². The van der Waals surface area contributed by atoms with Crippen molar-refractivity contribution in [2.45, 2.75) is 13.5 Å². The molecule has 0 saturated heterocycles. The van der Waals surface area contributed by atoms with Gasteiger partial charge in [-0.25, -0.2) is 4.98 Å². The molecule has 0 fully saturated rings. The molecule has 78 valence electrons. The molecule has 0 saturated carbocycles. The van der Waals surface area contributed by atoms with Crippen molar-refractivity contribution in [1.29, 1.82) is 0 Å². The first kappa shape index (κ1) is 10.5. The molecule has 0 unspecified atom stereocenters. The summed E-state index contributed by atoms with van der Waals surface area (Å²) in [5, 5.41) is 2.56. The molecule has 0 atom stereocenters. The molecule has 0 aliphatic rings. The maximum atomic E-state index is 11.9. The zero-order chi connectivity index (χ0) is 10.8. The third-order valence-corrected chi connectivity index (χ3v) is 3.79. The van der Waals surface area contributed by atoms with Gasteiger partial charge in [0, 0.05) is 16.8 Å². The highest BCUT2D eigenvalue weighted by molar-refractivity contribution is 7.14. The first-order chi connectivity index (χ1) is 7.20. The molecule has 0 aromatic carbocycles. The fourth-order valence-electron chi connectivity index (χ4n) is 1.19. The SMILES string of the molecule is Cc1ccc(C(=O)c2csc(CN)n2)s1.